The van der Waals surface area contributed by atoms with E-state index in [1.807, 2.05) is 0 Å². The predicted molar refractivity (Wildman–Crippen MR) is 103 cm³/mol. The molecule has 3 heterocycles. The van der Waals surface area contributed by atoms with Crippen molar-refractivity contribution >= 4 is 51.3 Å². The number of carbonyl (C=O) groups is 4. The van der Waals surface area contributed by atoms with Crippen LogP contribution in [0, 0.1) is 11.7 Å². The molecule has 3 aliphatic rings. The molecule has 3 amide bonds. The summed E-state index contributed by atoms with van der Waals surface area (Å²) in [5, 5.41) is 2.76. The first kappa shape index (κ1) is 18.4. The zero-order chi connectivity index (χ0) is 20.3. The summed E-state index contributed by atoms with van der Waals surface area (Å²) in [5.41, 5.74) is 0.989. The fourth-order valence-corrected chi connectivity index (χ4v) is 5.82. The molecule has 2 aliphatic heterocycles. The number of fused-ring (bicyclic) bond motifs is 2. The van der Waals surface area contributed by atoms with Gasteiger partial charge in [0.1, 0.15) is 12.2 Å². The molecule has 1 saturated carbocycles. The van der Waals surface area contributed by atoms with Gasteiger partial charge in [-0.05, 0) is 37.0 Å². The molecule has 150 valence electrons. The van der Waals surface area contributed by atoms with Crippen molar-refractivity contribution in [1.82, 2.24) is 5.32 Å². The van der Waals surface area contributed by atoms with Crippen LogP contribution in [0.2, 0.25) is 0 Å². The van der Waals surface area contributed by atoms with Crippen molar-refractivity contribution in [2.24, 2.45) is 5.92 Å². The van der Waals surface area contributed by atoms with Gasteiger partial charge in [-0.25, -0.2) is 4.39 Å². The maximum atomic E-state index is 14.7. The number of furan rings is 1. The topological polar surface area (TPSA) is 96.7 Å². The van der Waals surface area contributed by atoms with Gasteiger partial charge in [0.15, 0.2) is 17.2 Å². The number of piperidine rings is 1. The molecule has 2 aromatic rings. The van der Waals surface area contributed by atoms with Crippen molar-refractivity contribution in [3.05, 3.63) is 29.8 Å². The standard InChI is InChI=1S/C20H17FN2O5S/c21-12-6-9(5-11-15(24)7-17(25)22-19(11)26)4-10-14(8-28-18(10)12)23-13-2-1-3-16(13)29-20(23)27/h4,6,8,11,13,16H,1-3,5,7H2,(H,22,25,26)/t11?,13-,16+/m0/s1. The summed E-state index contributed by atoms with van der Waals surface area (Å²) < 4.78 is 20.1. The Balaban J connectivity index is 1.52. The molecule has 3 fully saturated rings. The fourth-order valence-electron chi connectivity index (χ4n) is 4.52. The van der Waals surface area contributed by atoms with Gasteiger partial charge in [0.05, 0.1) is 18.2 Å². The van der Waals surface area contributed by atoms with E-state index in [1.54, 1.807) is 11.0 Å². The van der Waals surface area contributed by atoms with Crippen molar-refractivity contribution in [3.8, 4) is 0 Å². The van der Waals surface area contributed by atoms with E-state index in [-0.39, 0.29) is 35.0 Å². The third kappa shape index (κ3) is 2.95. The van der Waals surface area contributed by atoms with Gasteiger partial charge in [-0.3, -0.25) is 29.4 Å². The number of anilines is 1. The van der Waals surface area contributed by atoms with Crippen LogP contribution >= 0.6 is 11.8 Å². The summed E-state index contributed by atoms with van der Waals surface area (Å²) >= 11 is 1.31. The molecule has 9 heteroatoms. The smallest absolute Gasteiger partial charge is 0.286 e. The Morgan fingerprint density at radius 1 is 1.21 bits per heavy atom. The van der Waals surface area contributed by atoms with E-state index in [0.29, 0.717) is 16.6 Å². The lowest BCUT2D eigenvalue weighted by atomic mass is 9.89. The highest BCUT2D eigenvalue weighted by Gasteiger charge is 2.45. The van der Waals surface area contributed by atoms with Crippen molar-refractivity contribution < 1.29 is 28.0 Å². The molecule has 5 rings (SSSR count). The minimum atomic E-state index is -1.04. The van der Waals surface area contributed by atoms with Crippen molar-refractivity contribution in [1.29, 1.82) is 0 Å². The average molecular weight is 416 g/mol. The van der Waals surface area contributed by atoms with E-state index < -0.39 is 29.3 Å². The number of carbonyl (C=O) groups excluding carboxylic acids is 4. The number of halogens is 1. The van der Waals surface area contributed by atoms with Crippen LogP contribution in [0.1, 0.15) is 31.2 Å². The number of hydrogen-bond acceptors (Lipinski definition) is 6. The van der Waals surface area contributed by atoms with Gasteiger partial charge >= 0.3 is 0 Å². The zero-order valence-corrected chi connectivity index (χ0v) is 16.1. The van der Waals surface area contributed by atoms with Crippen LogP contribution in [0.25, 0.3) is 11.0 Å². The molecule has 1 aliphatic carbocycles. The van der Waals surface area contributed by atoms with E-state index in [4.69, 9.17) is 4.42 Å². The lowest BCUT2D eigenvalue weighted by Crippen LogP contribution is -2.46. The highest BCUT2D eigenvalue weighted by molar-refractivity contribution is 8.14. The van der Waals surface area contributed by atoms with Crippen LogP contribution in [-0.4, -0.2) is 34.1 Å². The molecule has 29 heavy (non-hydrogen) atoms. The number of nitrogens with one attached hydrogen (secondary N) is 1. The van der Waals surface area contributed by atoms with Crippen LogP contribution in [0.3, 0.4) is 0 Å². The van der Waals surface area contributed by atoms with E-state index in [2.05, 4.69) is 5.32 Å². The summed E-state index contributed by atoms with van der Waals surface area (Å²) in [5.74, 6) is -3.43. The van der Waals surface area contributed by atoms with Crippen molar-refractivity contribution in [2.75, 3.05) is 4.90 Å². The molecular formula is C20H17FN2O5S. The first-order chi connectivity index (χ1) is 13.9. The lowest BCUT2D eigenvalue weighted by molar-refractivity contribution is -0.143. The number of hydrogen-bond donors (Lipinski definition) is 1. The number of amides is 3. The maximum Gasteiger partial charge on any atom is 0.286 e. The SMILES string of the molecule is O=C1CC(=O)C(Cc2cc(F)c3occ(N4C(=O)S[C@@H]5CCC[C@@H]54)c3c2)C(=O)N1. The van der Waals surface area contributed by atoms with Crippen LogP contribution in [0.5, 0.6) is 0 Å². The fraction of sp³-hybridized carbons (Fsp3) is 0.400. The summed E-state index contributed by atoms with van der Waals surface area (Å²) in [6, 6.07) is 2.96. The number of rotatable bonds is 3. The van der Waals surface area contributed by atoms with Crippen molar-refractivity contribution in [3.63, 3.8) is 0 Å². The number of nitrogens with zero attached hydrogens (tertiary/aromatic N) is 1. The predicted octanol–water partition coefficient (Wildman–Crippen LogP) is 2.94. The number of benzene rings is 1. The van der Waals surface area contributed by atoms with Crippen molar-refractivity contribution in [2.45, 2.75) is 43.4 Å². The Labute approximate surface area is 169 Å². The largest absolute Gasteiger partial charge is 0.459 e. The minimum Gasteiger partial charge on any atom is -0.459 e. The van der Waals surface area contributed by atoms with Crippen LogP contribution in [0.4, 0.5) is 14.9 Å². The second-order valence-corrected chi connectivity index (χ2v) is 8.87. The molecule has 1 aromatic carbocycles. The highest BCUT2D eigenvalue weighted by atomic mass is 32.2. The van der Waals surface area contributed by atoms with Gasteiger partial charge in [0.25, 0.3) is 5.24 Å². The molecule has 2 saturated heterocycles. The second kappa shape index (κ2) is 6.69. The quantitative estimate of drug-likeness (QED) is 0.610. The summed E-state index contributed by atoms with van der Waals surface area (Å²) in [7, 11) is 0. The van der Waals surface area contributed by atoms with E-state index in [0.717, 1.165) is 19.3 Å². The van der Waals surface area contributed by atoms with Gasteiger partial charge in [-0.15, -0.1) is 0 Å². The molecule has 7 nitrogen and oxygen atoms in total. The first-order valence-electron chi connectivity index (χ1n) is 9.48. The molecule has 0 bridgehead atoms. The third-order valence-electron chi connectivity index (χ3n) is 5.87. The van der Waals surface area contributed by atoms with Crippen LogP contribution in [0.15, 0.2) is 22.8 Å². The number of thioether (sulfide) groups is 1. The Kier molecular flexibility index (Phi) is 4.23. The van der Waals surface area contributed by atoms with Gasteiger partial charge in [0.2, 0.25) is 11.8 Å². The van der Waals surface area contributed by atoms with E-state index >= 15 is 0 Å². The molecule has 1 unspecified atom stereocenters. The minimum absolute atomic E-state index is 0.0236. The van der Waals surface area contributed by atoms with E-state index in [1.165, 1.54) is 24.1 Å². The Morgan fingerprint density at radius 2 is 2.03 bits per heavy atom. The van der Waals surface area contributed by atoms with Crippen LogP contribution in [-0.2, 0) is 20.8 Å². The highest BCUT2D eigenvalue weighted by Crippen LogP contribution is 2.46. The zero-order valence-electron chi connectivity index (χ0n) is 15.3. The molecule has 1 aromatic heterocycles. The third-order valence-corrected chi connectivity index (χ3v) is 7.12. The lowest BCUT2D eigenvalue weighted by Gasteiger charge is -2.22. The Morgan fingerprint density at radius 3 is 2.83 bits per heavy atom. The maximum absolute atomic E-state index is 14.7. The summed E-state index contributed by atoms with van der Waals surface area (Å²) in [6.07, 6.45) is 3.92. The average Bonchev–Trinajstić information content (AvgIpc) is 3.33. The monoisotopic (exact) mass is 416 g/mol. The molecule has 0 radical (unpaired) electrons. The number of imide groups is 1. The Hall–Kier alpha value is -2.68. The molecular weight excluding hydrogens is 399 g/mol. The molecule has 1 N–H and O–H groups in total. The summed E-state index contributed by atoms with van der Waals surface area (Å²) in [6.45, 7) is 0. The molecule has 0 spiro atoms. The van der Waals surface area contributed by atoms with E-state index in [9.17, 15) is 23.6 Å². The molecule has 3 atom stereocenters. The first-order valence-corrected chi connectivity index (χ1v) is 10.4. The number of ketones is 1. The number of Topliss-reactive ketones (excluding diaryl/α,β-unsaturated/α-hetero) is 1. The summed E-state index contributed by atoms with van der Waals surface area (Å²) in [4.78, 5) is 49.7. The Bertz CT molecular complexity index is 1060. The second-order valence-electron chi connectivity index (χ2n) is 7.68. The van der Waals surface area contributed by atoms with Crippen LogP contribution < -0.4 is 10.2 Å². The van der Waals surface area contributed by atoms with Gasteiger partial charge in [-0.1, -0.05) is 18.2 Å². The van der Waals surface area contributed by atoms with Gasteiger partial charge < -0.3 is 4.42 Å². The van der Waals surface area contributed by atoms with Gasteiger partial charge in [-0.2, -0.15) is 0 Å². The normalized spacial score (nSPS) is 27.1. The van der Waals surface area contributed by atoms with Gasteiger partial charge in [0, 0.05) is 10.6 Å².